The Bertz CT molecular complexity index is 636. The predicted molar refractivity (Wildman–Crippen MR) is 95.5 cm³/mol. The molecule has 6 heteroatoms. The van der Waals surface area contributed by atoms with Crippen LogP contribution in [0.25, 0.3) is 0 Å². The minimum atomic E-state index is -0.984. The Morgan fingerprint density at radius 2 is 1.80 bits per heavy atom. The van der Waals surface area contributed by atoms with E-state index in [-0.39, 0.29) is 18.2 Å². The van der Waals surface area contributed by atoms with Crippen molar-refractivity contribution in [2.45, 2.75) is 51.9 Å². The summed E-state index contributed by atoms with van der Waals surface area (Å²) in [7, 11) is 0. The summed E-state index contributed by atoms with van der Waals surface area (Å²) in [6.45, 7) is 2.52. The number of anilines is 1. The van der Waals surface area contributed by atoms with Gasteiger partial charge in [-0.3, -0.25) is 14.4 Å². The minimum Gasteiger partial charge on any atom is -0.481 e. The van der Waals surface area contributed by atoms with Crippen molar-refractivity contribution in [2.24, 2.45) is 5.41 Å². The topological polar surface area (TPSA) is 95.5 Å². The number of hydrogen-bond acceptors (Lipinski definition) is 3. The van der Waals surface area contributed by atoms with E-state index in [4.69, 9.17) is 0 Å². The highest BCUT2D eigenvalue weighted by Crippen LogP contribution is 2.39. The highest BCUT2D eigenvalue weighted by molar-refractivity contribution is 6.04. The zero-order valence-electron chi connectivity index (χ0n) is 14.6. The SMILES string of the molecule is CCCNC(=O)c1ccccc1NC(=O)CC1(C(=O)O)CCCCC1. The largest absolute Gasteiger partial charge is 0.481 e. The second-order valence-corrected chi connectivity index (χ2v) is 6.67. The number of carbonyl (C=O) groups excluding carboxylic acids is 2. The van der Waals surface area contributed by atoms with Crippen molar-refractivity contribution >= 4 is 23.5 Å². The van der Waals surface area contributed by atoms with E-state index in [1.54, 1.807) is 24.3 Å². The first-order chi connectivity index (χ1) is 12.0. The van der Waals surface area contributed by atoms with Crippen LogP contribution in [0.5, 0.6) is 0 Å². The van der Waals surface area contributed by atoms with Gasteiger partial charge in [0.15, 0.2) is 0 Å². The third-order valence-corrected chi connectivity index (χ3v) is 4.74. The lowest BCUT2D eigenvalue weighted by molar-refractivity contribution is -0.153. The molecule has 1 saturated carbocycles. The van der Waals surface area contributed by atoms with E-state index in [9.17, 15) is 19.5 Å². The van der Waals surface area contributed by atoms with Gasteiger partial charge < -0.3 is 15.7 Å². The minimum absolute atomic E-state index is 0.0623. The van der Waals surface area contributed by atoms with Gasteiger partial charge in [-0.05, 0) is 31.4 Å². The number of amides is 2. The van der Waals surface area contributed by atoms with Gasteiger partial charge in [-0.1, -0.05) is 38.3 Å². The molecule has 1 aromatic rings. The van der Waals surface area contributed by atoms with Crippen LogP contribution in [0.15, 0.2) is 24.3 Å². The molecule has 2 rings (SSSR count). The average molecular weight is 346 g/mol. The Morgan fingerprint density at radius 3 is 2.44 bits per heavy atom. The first kappa shape index (κ1) is 19.0. The maximum atomic E-state index is 12.5. The zero-order valence-corrected chi connectivity index (χ0v) is 14.6. The lowest BCUT2D eigenvalue weighted by Crippen LogP contribution is -2.37. The molecule has 0 aliphatic heterocycles. The van der Waals surface area contributed by atoms with Crippen molar-refractivity contribution in [2.75, 3.05) is 11.9 Å². The van der Waals surface area contributed by atoms with E-state index in [0.717, 1.165) is 25.7 Å². The van der Waals surface area contributed by atoms with E-state index in [1.807, 2.05) is 6.92 Å². The lowest BCUT2D eigenvalue weighted by atomic mass is 9.71. The molecule has 1 aromatic carbocycles. The Kier molecular flexibility index (Phi) is 6.56. The first-order valence-electron chi connectivity index (χ1n) is 8.89. The number of rotatable bonds is 7. The molecule has 2 amide bonds. The van der Waals surface area contributed by atoms with Gasteiger partial charge in [0.2, 0.25) is 5.91 Å². The Labute approximate surface area is 148 Å². The van der Waals surface area contributed by atoms with Gasteiger partial charge in [-0.15, -0.1) is 0 Å². The molecule has 136 valence electrons. The van der Waals surface area contributed by atoms with Crippen LogP contribution in [-0.2, 0) is 9.59 Å². The summed E-state index contributed by atoms with van der Waals surface area (Å²) in [5.41, 5.74) is -0.184. The third-order valence-electron chi connectivity index (χ3n) is 4.74. The van der Waals surface area contributed by atoms with Crippen molar-refractivity contribution in [3.63, 3.8) is 0 Å². The summed E-state index contributed by atoms with van der Waals surface area (Å²) >= 11 is 0. The normalized spacial score (nSPS) is 16.0. The number of hydrogen-bond donors (Lipinski definition) is 3. The molecule has 1 fully saturated rings. The van der Waals surface area contributed by atoms with Crippen LogP contribution in [0.2, 0.25) is 0 Å². The van der Waals surface area contributed by atoms with Crippen molar-refractivity contribution in [3.8, 4) is 0 Å². The second kappa shape index (κ2) is 8.65. The molecule has 0 saturated heterocycles. The number of para-hydroxylation sites is 1. The maximum Gasteiger partial charge on any atom is 0.310 e. The number of carbonyl (C=O) groups is 3. The molecule has 0 unspecified atom stereocenters. The molecular formula is C19H26N2O4. The van der Waals surface area contributed by atoms with Gasteiger partial charge in [0.25, 0.3) is 5.91 Å². The van der Waals surface area contributed by atoms with Crippen LogP contribution < -0.4 is 10.6 Å². The summed E-state index contributed by atoms with van der Waals surface area (Å²) in [5, 5.41) is 15.1. The van der Waals surface area contributed by atoms with Gasteiger partial charge in [-0.25, -0.2) is 0 Å². The molecule has 0 bridgehead atoms. The molecular weight excluding hydrogens is 320 g/mol. The molecule has 25 heavy (non-hydrogen) atoms. The van der Waals surface area contributed by atoms with E-state index >= 15 is 0 Å². The van der Waals surface area contributed by atoms with Gasteiger partial charge in [0.1, 0.15) is 0 Å². The molecule has 0 spiro atoms. The fraction of sp³-hybridized carbons (Fsp3) is 0.526. The Morgan fingerprint density at radius 1 is 1.12 bits per heavy atom. The number of carboxylic acid groups (broad SMARTS) is 1. The zero-order chi connectivity index (χ0) is 18.3. The summed E-state index contributed by atoms with van der Waals surface area (Å²) in [5.74, 6) is -1.51. The summed E-state index contributed by atoms with van der Waals surface area (Å²) in [6, 6.07) is 6.78. The molecule has 0 aromatic heterocycles. The predicted octanol–water partition coefficient (Wildman–Crippen LogP) is 3.19. The van der Waals surface area contributed by atoms with Gasteiger partial charge >= 0.3 is 5.97 Å². The van der Waals surface area contributed by atoms with Crippen LogP contribution in [0, 0.1) is 5.41 Å². The van der Waals surface area contributed by atoms with Crippen LogP contribution in [0.4, 0.5) is 5.69 Å². The van der Waals surface area contributed by atoms with E-state index in [0.29, 0.717) is 30.6 Å². The van der Waals surface area contributed by atoms with Crippen molar-refractivity contribution < 1.29 is 19.5 Å². The standard InChI is InChI=1S/C19H26N2O4/c1-2-12-20-17(23)14-8-4-5-9-15(14)21-16(22)13-19(18(24)25)10-6-3-7-11-19/h4-5,8-9H,2-3,6-7,10-13H2,1H3,(H,20,23)(H,21,22)(H,24,25). The van der Waals surface area contributed by atoms with Crippen molar-refractivity contribution in [1.82, 2.24) is 5.32 Å². The molecule has 3 N–H and O–H groups in total. The van der Waals surface area contributed by atoms with E-state index < -0.39 is 11.4 Å². The molecule has 6 nitrogen and oxygen atoms in total. The first-order valence-corrected chi connectivity index (χ1v) is 8.89. The quantitative estimate of drug-likeness (QED) is 0.706. The van der Waals surface area contributed by atoms with Crippen LogP contribution >= 0.6 is 0 Å². The van der Waals surface area contributed by atoms with Gasteiger partial charge in [-0.2, -0.15) is 0 Å². The number of benzene rings is 1. The Balaban J connectivity index is 2.10. The van der Waals surface area contributed by atoms with E-state index in [1.165, 1.54) is 0 Å². The average Bonchev–Trinajstić information content (AvgIpc) is 2.60. The van der Waals surface area contributed by atoms with E-state index in [2.05, 4.69) is 10.6 Å². The number of carboxylic acids is 1. The second-order valence-electron chi connectivity index (χ2n) is 6.67. The summed E-state index contributed by atoms with van der Waals surface area (Å²) in [6.07, 6.45) is 4.47. The fourth-order valence-corrected chi connectivity index (χ4v) is 3.32. The molecule has 0 radical (unpaired) electrons. The molecule has 0 atom stereocenters. The van der Waals surface area contributed by atoms with Crippen LogP contribution in [0.1, 0.15) is 62.2 Å². The summed E-state index contributed by atoms with van der Waals surface area (Å²) < 4.78 is 0. The van der Waals surface area contributed by atoms with Crippen molar-refractivity contribution in [1.29, 1.82) is 0 Å². The molecule has 1 aliphatic rings. The highest BCUT2D eigenvalue weighted by atomic mass is 16.4. The summed E-state index contributed by atoms with van der Waals surface area (Å²) in [4.78, 5) is 36.4. The molecule has 0 heterocycles. The number of aliphatic carboxylic acids is 1. The number of nitrogens with one attached hydrogen (secondary N) is 2. The Hall–Kier alpha value is -2.37. The van der Waals surface area contributed by atoms with Crippen LogP contribution in [0.3, 0.4) is 0 Å². The van der Waals surface area contributed by atoms with Crippen LogP contribution in [-0.4, -0.2) is 29.4 Å². The third kappa shape index (κ3) is 4.81. The lowest BCUT2D eigenvalue weighted by Gasteiger charge is -2.32. The maximum absolute atomic E-state index is 12.5. The smallest absolute Gasteiger partial charge is 0.310 e. The monoisotopic (exact) mass is 346 g/mol. The molecule has 1 aliphatic carbocycles. The van der Waals surface area contributed by atoms with Crippen molar-refractivity contribution in [3.05, 3.63) is 29.8 Å². The van der Waals surface area contributed by atoms with Gasteiger partial charge in [0, 0.05) is 13.0 Å². The van der Waals surface area contributed by atoms with Gasteiger partial charge in [0.05, 0.1) is 16.7 Å². The highest BCUT2D eigenvalue weighted by Gasteiger charge is 2.41. The fourth-order valence-electron chi connectivity index (χ4n) is 3.32.